The van der Waals surface area contributed by atoms with Crippen molar-refractivity contribution in [2.24, 2.45) is 0 Å². The van der Waals surface area contributed by atoms with Gasteiger partial charge in [-0.1, -0.05) is 35.9 Å². The van der Waals surface area contributed by atoms with Gasteiger partial charge in [-0.05, 0) is 42.8 Å². The molecule has 0 aliphatic rings. The summed E-state index contributed by atoms with van der Waals surface area (Å²) in [4.78, 5) is 3.56. The van der Waals surface area contributed by atoms with Crippen LogP contribution in [0.3, 0.4) is 0 Å². The van der Waals surface area contributed by atoms with E-state index >= 15 is 0 Å². The predicted octanol–water partition coefficient (Wildman–Crippen LogP) is 5.53. The van der Waals surface area contributed by atoms with E-state index in [0.717, 1.165) is 23.8 Å². The zero-order valence-electron chi connectivity index (χ0n) is 14.5. The molecule has 0 spiro atoms. The Morgan fingerprint density at radius 2 is 1.71 bits per heavy atom. The third-order valence-corrected chi connectivity index (χ3v) is 5.67. The number of sulfonamides is 1. The lowest BCUT2D eigenvalue weighted by Crippen LogP contribution is -2.15. The lowest BCUT2D eigenvalue weighted by atomic mass is 10.0. The van der Waals surface area contributed by atoms with E-state index in [4.69, 9.17) is 11.6 Å². The highest BCUT2D eigenvalue weighted by Crippen LogP contribution is 2.32. The minimum Gasteiger partial charge on any atom is -0.263 e. The number of benzene rings is 2. The van der Waals surface area contributed by atoms with Crippen LogP contribution in [0.1, 0.15) is 11.1 Å². The Balaban J connectivity index is 1.92. The molecule has 0 fully saturated rings. The fourth-order valence-corrected chi connectivity index (χ4v) is 3.89. The van der Waals surface area contributed by atoms with Gasteiger partial charge >= 0.3 is 6.18 Å². The molecule has 9 heteroatoms. The van der Waals surface area contributed by atoms with Gasteiger partial charge in [0.15, 0.2) is 0 Å². The Morgan fingerprint density at radius 1 is 1.00 bits per heavy atom. The van der Waals surface area contributed by atoms with E-state index < -0.39 is 26.7 Å². The average Bonchev–Trinajstić information content (AvgIpc) is 2.62. The van der Waals surface area contributed by atoms with E-state index in [1.807, 2.05) is 6.07 Å². The van der Waals surface area contributed by atoms with Gasteiger partial charge in [0.2, 0.25) is 0 Å². The molecular formula is C19H14ClF3N2O2S. The van der Waals surface area contributed by atoms with Gasteiger partial charge in [0.25, 0.3) is 10.0 Å². The molecule has 3 rings (SSSR count). The second-order valence-electron chi connectivity index (χ2n) is 6.00. The van der Waals surface area contributed by atoms with Gasteiger partial charge in [0, 0.05) is 22.3 Å². The normalized spacial score (nSPS) is 12.0. The van der Waals surface area contributed by atoms with E-state index in [2.05, 4.69) is 9.71 Å². The molecule has 0 saturated heterocycles. The van der Waals surface area contributed by atoms with Crippen LogP contribution in [0.15, 0.2) is 65.7 Å². The highest BCUT2D eigenvalue weighted by molar-refractivity contribution is 7.92. The molecule has 0 amide bonds. The van der Waals surface area contributed by atoms with E-state index in [9.17, 15) is 21.6 Å². The molecule has 0 unspecified atom stereocenters. The first-order valence-electron chi connectivity index (χ1n) is 7.99. The number of aromatic nitrogens is 1. The monoisotopic (exact) mass is 426 g/mol. The fraction of sp³-hybridized carbons (Fsp3) is 0.105. The minimum atomic E-state index is -4.64. The van der Waals surface area contributed by atoms with Crippen molar-refractivity contribution >= 4 is 27.4 Å². The second kappa shape index (κ2) is 7.44. The van der Waals surface area contributed by atoms with Crippen LogP contribution >= 0.6 is 11.6 Å². The Kier molecular flexibility index (Phi) is 5.36. The smallest absolute Gasteiger partial charge is 0.263 e. The van der Waals surface area contributed by atoms with Crippen molar-refractivity contribution in [1.29, 1.82) is 0 Å². The van der Waals surface area contributed by atoms with E-state index in [1.54, 1.807) is 25.1 Å². The number of nitrogens with zero attached hydrogens (tertiary/aromatic N) is 1. The van der Waals surface area contributed by atoms with Gasteiger partial charge in [-0.15, -0.1) is 0 Å². The number of pyridine rings is 1. The molecule has 146 valence electrons. The van der Waals surface area contributed by atoms with Crippen LogP contribution in [0.5, 0.6) is 0 Å². The zero-order valence-corrected chi connectivity index (χ0v) is 16.0. The van der Waals surface area contributed by atoms with Crippen LogP contribution in [-0.2, 0) is 16.2 Å². The van der Waals surface area contributed by atoms with E-state index in [0.29, 0.717) is 22.2 Å². The highest BCUT2D eigenvalue weighted by Gasteiger charge is 2.31. The van der Waals surface area contributed by atoms with Gasteiger partial charge in [-0.2, -0.15) is 13.2 Å². The number of hydrogen-bond acceptors (Lipinski definition) is 3. The SMILES string of the molecule is Cc1cc(NS(=O)(=O)c2cccc(C(F)(F)F)c2)ncc1-c1ccccc1Cl. The molecule has 0 saturated carbocycles. The number of nitrogens with one attached hydrogen (secondary N) is 1. The summed E-state index contributed by atoms with van der Waals surface area (Å²) < 4.78 is 65.6. The summed E-state index contributed by atoms with van der Waals surface area (Å²) in [5, 5.41) is 0.518. The molecule has 0 aliphatic carbocycles. The van der Waals surface area contributed by atoms with Crippen molar-refractivity contribution in [3.05, 3.63) is 76.9 Å². The maximum Gasteiger partial charge on any atom is 0.416 e. The van der Waals surface area contributed by atoms with Gasteiger partial charge in [0.1, 0.15) is 5.82 Å². The lowest BCUT2D eigenvalue weighted by molar-refractivity contribution is -0.137. The molecule has 1 heterocycles. The van der Waals surface area contributed by atoms with Crippen LogP contribution < -0.4 is 4.72 Å². The molecule has 28 heavy (non-hydrogen) atoms. The second-order valence-corrected chi connectivity index (χ2v) is 8.09. The fourth-order valence-electron chi connectivity index (χ4n) is 2.61. The van der Waals surface area contributed by atoms with Gasteiger partial charge < -0.3 is 0 Å². The molecular weight excluding hydrogens is 413 g/mol. The van der Waals surface area contributed by atoms with Crippen molar-refractivity contribution in [3.63, 3.8) is 0 Å². The number of halogens is 4. The van der Waals surface area contributed by atoms with Crippen molar-refractivity contribution in [2.45, 2.75) is 18.0 Å². The van der Waals surface area contributed by atoms with Crippen LogP contribution in [0.2, 0.25) is 5.02 Å². The van der Waals surface area contributed by atoms with Gasteiger partial charge in [-0.3, -0.25) is 4.72 Å². The quantitative estimate of drug-likeness (QED) is 0.596. The van der Waals surface area contributed by atoms with Crippen LogP contribution in [0.25, 0.3) is 11.1 Å². The van der Waals surface area contributed by atoms with Crippen molar-refractivity contribution < 1.29 is 21.6 Å². The molecule has 0 radical (unpaired) electrons. The van der Waals surface area contributed by atoms with E-state index in [-0.39, 0.29) is 5.82 Å². The maximum absolute atomic E-state index is 12.8. The van der Waals surface area contributed by atoms with Crippen LogP contribution in [-0.4, -0.2) is 13.4 Å². The molecule has 2 aromatic carbocycles. The first kappa shape index (κ1) is 20.2. The topological polar surface area (TPSA) is 59.1 Å². The first-order valence-corrected chi connectivity index (χ1v) is 9.86. The Bertz CT molecular complexity index is 1130. The maximum atomic E-state index is 12.8. The van der Waals surface area contributed by atoms with Crippen LogP contribution in [0, 0.1) is 6.92 Å². The Morgan fingerprint density at radius 3 is 2.36 bits per heavy atom. The molecule has 1 aromatic heterocycles. The lowest BCUT2D eigenvalue weighted by Gasteiger charge is -2.12. The highest BCUT2D eigenvalue weighted by atomic mass is 35.5. The third-order valence-electron chi connectivity index (χ3n) is 3.99. The largest absolute Gasteiger partial charge is 0.416 e. The summed E-state index contributed by atoms with van der Waals surface area (Å²) in [5.41, 5.74) is 1.10. The summed E-state index contributed by atoms with van der Waals surface area (Å²) in [6.07, 6.45) is -3.18. The zero-order chi connectivity index (χ0) is 20.5. The number of aryl methyl sites for hydroxylation is 1. The number of alkyl halides is 3. The third kappa shape index (κ3) is 4.28. The summed E-state index contributed by atoms with van der Waals surface area (Å²) in [6.45, 7) is 1.75. The van der Waals surface area contributed by atoms with Gasteiger partial charge in [-0.25, -0.2) is 13.4 Å². The summed E-state index contributed by atoms with van der Waals surface area (Å²) >= 11 is 6.18. The van der Waals surface area contributed by atoms with Crippen molar-refractivity contribution in [1.82, 2.24) is 4.98 Å². The average molecular weight is 427 g/mol. The molecule has 0 bridgehead atoms. The standard InChI is InChI=1S/C19H14ClF3N2O2S/c1-12-9-18(24-11-16(12)15-7-2-3-8-17(15)20)25-28(26,27)14-6-4-5-13(10-14)19(21,22)23/h2-11H,1H3,(H,24,25). The molecule has 0 atom stereocenters. The van der Waals surface area contributed by atoms with E-state index in [1.165, 1.54) is 12.3 Å². The minimum absolute atomic E-state index is 0.00860. The molecule has 1 N–H and O–H groups in total. The Labute approximate surface area is 165 Å². The number of anilines is 1. The number of hydrogen-bond donors (Lipinski definition) is 1. The molecule has 0 aliphatic heterocycles. The van der Waals surface area contributed by atoms with Crippen molar-refractivity contribution in [2.75, 3.05) is 4.72 Å². The summed E-state index contributed by atoms with van der Waals surface area (Å²) in [7, 11) is -4.24. The Hall–Kier alpha value is -2.58. The predicted molar refractivity (Wildman–Crippen MR) is 102 cm³/mol. The van der Waals surface area contributed by atoms with Gasteiger partial charge in [0.05, 0.1) is 10.5 Å². The molecule has 3 aromatic rings. The number of rotatable bonds is 4. The summed E-state index contributed by atoms with van der Waals surface area (Å²) in [5.74, 6) is -0.00860. The summed E-state index contributed by atoms with van der Waals surface area (Å²) in [6, 6.07) is 12.1. The van der Waals surface area contributed by atoms with Crippen molar-refractivity contribution in [3.8, 4) is 11.1 Å². The van der Waals surface area contributed by atoms with Crippen LogP contribution in [0.4, 0.5) is 19.0 Å². The molecule has 4 nitrogen and oxygen atoms in total. The first-order chi connectivity index (χ1) is 13.1.